The normalized spacial score (nSPS) is 15.7. The summed E-state index contributed by atoms with van der Waals surface area (Å²) in [5.41, 5.74) is 2.59. The van der Waals surface area contributed by atoms with Crippen LogP contribution in [0.3, 0.4) is 0 Å². The molecule has 0 aromatic heterocycles. The molecule has 0 aliphatic carbocycles. The highest BCUT2D eigenvalue weighted by Gasteiger charge is 2.19. The van der Waals surface area contributed by atoms with Crippen LogP contribution in [-0.2, 0) is 9.53 Å². The van der Waals surface area contributed by atoms with Crippen LogP contribution in [0.15, 0.2) is 35.9 Å². The van der Waals surface area contributed by atoms with Gasteiger partial charge in [-0.1, -0.05) is 75.6 Å². The van der Waals surface area contributed by atoms with Crippen molar-refractivity contribution in [1.82, 2.24) is 9.80 Å². The molecule has 0 spiro atoms. The Kier molecular flexibility index (Phi) is 11.0. The smallest absolute Gasteiger partial charge is 0.225 e. The molecular weight excluding hydrogens is 360 g/mol. The largest absolute Gasteiger partial charge is 0.379 e. The zero-order valence-electron chi connectivity index (χ0n) is 18.7. The fourth-order valence-electron chi connectivity index (χ4n) is 3.77. The fourth-order valence-corrected chi connectivity index (χ4v) is 3.77. The molecule has 0 bridgehead atoms. The van der Waals surface area contributed by atoms with Crippen LogP contribution in [0.2, 0.25) is 0 Å². The number of morpholine rings is 1. The number of hydrogen-bond donors (Lipinski definition) is 0. The van der Waals surface area contributed by atoms with Crippen molar-refractivity contribution < 1.29 is 9.53 Å². The van der Waals surface area contributed by atoms with E-state index in [9.17, 15) is 4.79 Å². The summed E-state index contributed by atoms with van der Waals surface area (Å²) >= 11 is 0. The summed E-state index contributed by atoms with van der Waals surface area (Å²) in [4.78, 5) is 17.4. The van der Waals surface area contributed by atoms with Gasteiger partial charge in [-0.3, -0.25) is 9.69 Å². The first-order chi connectivity index (χ1) is 14.1. The average Bonchev–Trinajstić information content (AvgIpc) is 2.74. The Bertz CT molecular complexity index is 607. The number of benzene rings is 1. The monoisotopic (exact) mass is 400 g/mol. The third-order valence-electron chi connectivity index (χ3n) is 5.48. The predicted molar refractivity (Wildman–Crippen MR) is 122 cm³/mol. The predicted octanol–water partition coefficient (Wildman–Crippen LogP) is 4.86. The topological polar surface area (TPSA) is 32.8 Å². The number of carbonyl (C=O) groups is 1. The maximum Gasteiger partial charge on any atom is 0.225 e. The second-order valence-electron chi connectivity index (χ2n) is 8.39. The lowest BCUT2D eigenvalue weighted by atomic mass is 10.0. The van der Waals surface area contributed by atoms with Crippen LogP contribution in [0.25, 0.3) is 6.08 Å². The van der Waals surface area contributed by atoms with Gasteiger partial charge in [0.15, 0.2) is 0 Å². The summed E-state index contributed by atoms with van der Waals surface area (Å²) in [6, 6.07) is 10.5. The maximum atomic E-state index is 12.9. The minimum Gasteiger partial charge on any atom is -0.379 e. The van der Waals surface area contributed by atoms with Gasteiger partial charge in [0.25, 0.3) is 0 Å². The summed E-state index contributed by atoms with van der Waals surface area (Å²) in [6.45, 7) is 12.5. The van der Waals surface area contributed by atoms with Crippen molar-refractivity contribution in [2.75, 3.05) is 45.9 Å². The fraction of sp³-hybridized carbons (Fsp3) is 0.640. The van der Waals surface area contributed by atoms with E-state index in [1.54, 1.807) is 0 Å². The Hall–Kier alpha value is -1.65. The third-order valence-corrected chi connectivity index (χ3v) is 5.48. The SMILES string of the molecule is CCCCC/C(=C\c1ccccc1)CN(CCCN1CCOCC1)C(=O)C(C)C. The van der Waals surface area contributed by atoms with Crippen molar-refractivity contribution in [1.29, 1.82) is 0 Å². The van der Waals surface area contributed by atoms with Crippen LogP contribution in [0.4, 0.5) is 0 Å². The first-order valence-electron chi connectivity index (χ1n) is 11.4. The lowest BCUT2D eigenvalue weighted by Crippen LogP contribution is -2.40. The highest BCUT2D eigenvalue weighted by molar-refractivity contribution is 5.78. The Labute approximate surface area is 177 Å². The van der Waals surface area contributed by atoms with Crippen LogP contribution in [-0.4, -0.2) is 61.6 Å². The summed E-state index contributed by atoms with van der Waals surface area (Å²) < 4.78 is 5.44. The molecule has 162 valence electrons. The number of hydrogen-bond acceptors (Lipinski definition) is 3. The average molecular weight is 401 g/mol. The molecule has 0 N–H and O–H groups in total. The minimum absolute atomic E-state index is 0.0343. The summed E-state index contributed by atoms with van der Waals surface area (Å²) in [5.74, 6) is 0.299. The van der Waals surface area contributed by atoms with E-state index in [-0.39, 0.29) is 11.8 Å². The van der Waals surface area contributed by atoms with Gasteiger partial charge < -0.3 is 9.64 Å². The first-order valence-corrected chi connectivity index (χ1v) is 11.4. The van der Waals surface area contributed by atoms with Crippen LogP contribution >= 0.6 is 0 Å². The molecule has 0 radical (unpaired) electrons. The second kappa shape index (κ2) is 13.6. The maximum absolute atomic E-state index is 12.9. The Morgan fingerprint density at radius 2 is 1.86 bits per heavy atom. The zero-order chi connectivity index (χ0) is 20.9. The van der Waals surface area contributed by atoms with Crippen molar-refractivity contribution in [3.63, 3.8) is 0 Å². The lowest BCUT2D eigenvalue weighted by Gasteiger charge is -2.29. The van der Waals surface area contributed by atoms with Gasteiger partial charge in [0.1, 0.15) is 0 Å². The Morgan fingerprint density at radius 1 is 1.14 bits per heavy atom. The van der Waals surface area contributed by atoms with Gasteiger partial charge >= 0.3 is 0 Å². The zero-order valence-corrected chi connectivity index (χ0v) is 18.7. The molecule has 2 rings (SSSR count). The molecule has 1 amide bonds. The Morgan fingerprint density at radius 3 is 2.52 bits per heavy atom. The van der Waals surface area contributed by atoms with Gasteiger partial charge in [0, 0.05) is 38.6 Å². The first kappa shape index (κ1) is 23.6. The molecule has 1 aliphatic heterocycles. The van der Waals surface area contributed by atoms with Crippen LogP contribution in [0.5, 0.6) is 0 Å². The van der Waals surface area contributed by atoms with Gasteiger partial charge in [0.05, 0.1) is 13.2 Å². The molecule has 1 heterocycles. The molecule has 4 nitrogen and oxygen atoms in total. The van der Waals surface area contributed by atoms with E-state index < -0.39 is 0 Å². The van der Waals surface area contributed by atoms with E-state index in [1.807, 2.05) is 19.9 Å². The third kappa shape index (κ3) is 9.14. The van der Waals surface area contributed by atoms with Crippen molar-refractivity contribution in [2.24, 2.45) is 5.92 Å². The molecule has 4 heteroatoms. The second-order valence-corrected chi connectivity index (χ2v) is 8.39. The molecule has 1 aliphatic rings. The van der Waals surface area contributed by atoms with Gasteiger partial charge in [-0.2, -0.15) is 0 Å². The molecule has 1 saturated heterocycles. The van der Waals surface area contributed by atoms with Crippen molar-refractivity contribution >= 4 is 12.0 Å². The molecule has 0 unspecified atom stereocenters. The minimum atomic E-state index is 0.0343. The highest BCUT2D eigenvalue weighted by Crippen LogP contribution is 2.17. The van der Waals surface area contributed by atoms with E-state index in [1.165, 1.54) is 30.4 Å². The molecule has 29 heavy (non-hydrogen) atoms. The van der Waals surface area contributed by atoms with Crippen LogP contribution < -0.4 is 0 Å². The van der Waals surface area contributed by atoms with Crippen molar-refractivity contribution in [2.45, 2.75) is 52.9 Å². The van der Waals surface area contributed by atoms with Gasteiger partial charge in [-0.15, -0.1) is 0 Å². The van der Waals surface area contributed by atoms with Crippen molar-refractivity contribution in [3.05, 3.63) is 41.5 Å². The highest BCUT2D eigenvalue weighted by atomic mass is 16.5. The standard InChI is InChI=1S/C25H40N2O2/c1-4-5-7-13-24(20-23-11-8-6-9-12-23)21-27(25(28)22(2)3)15-10-14-26-16-18-29-19-17-26/h6,8-9,11-12,20,22H,4-5,7,10,13-19,21H2,1-3H3/b24-20+. The number of amides is 1. The molecule has 1 fully saturated rings. The van der Waals surface area contributed by atoms with E-state index in [4.69, 9.17) is 4.74 Å². The number of carbonyl (C=O) groups excluding carboxylic acids is 1. The summed E-state index contributed by atoms with van der Waals surface area (Å²) in [5, 5.41) is 0. The molecular formula is C25H40N2O2. The van der Waals surface area contributed by atoms with Crippen molar-refractivity contribution in [3.8, 4) is 0 Å². The van der Waals surface area contributed by atoms with Crippen LogP contribution in [0.1, 0.15) is 58.4 Å². The quantitative estimate of drug-likeness (QED) is 0.470. The summed E-state index contributed by atoms with van der Waals surface area (Å²) in [6.07, 6.45) is 8.01. The van der Waals surface area contributed by atoms with E-state index in [0.29, 0.717) is 0 Å². The number of unbranched alkanes of at least 4 members (excludes halogenated alkanes) is 2. The molecule has 1 aromatic rings. The Balaban J connectivity index is 2.02. The van der Waals surface area contributed by atoms with E-state index >= 15 is 0 Å². The van der Waals surface area contributed by atoms with E-state index in [2.05, 4.69) is 47.1 Å². The number of nitrogens with zero attached hydrogens (tertiary/aromatic N) is 2. The number of rotatable bonds is 12. The van der Waals surface area contributed by atoms with Gasteiger partial charge in [0.2, 0.25) is 5.91 Å². The molecule has 0 saturated carbocycles. The number of ether oxygens (including phenoxy) is 1. The van der Waals surface area contributed by atoms with Gasteiger partial charge in [-0.05, 0) is 24.8 Å². The summed E-state index contributed by atoms with van der Waals surface area (Å²) in [7, 11) is 0. The lowest BCUT2D eigenvalue weighted by molar-refractivity contribution is -0.134. The van der Waals surface area contributed by atoms with Gasteiger partial charge in [-0.25, -0.2) is 0 Å². The van der Waals surface area contributed by atoms with Crippen LogP contribution in [0, 0.1) is 5.92 Å². The molecule has 0 atom stereocenters. The van der Waals surface area contributed by atoms with E-state index in [0.717, 1.165) is 58.8 Å². The molecule has 1 aromatic carbocycles.